The van der Waals surface area contributed by atoms with Gasteiger partial charge in [0.2, 0.25) is 0 Å². The van der Waals surface area contributed by atoms with Gasteiger partial charge in [-0.3, -0.25) is 4.79 Å². The quantitative estimate of drug-likeness (QED) is 0.522. The predicted octanol–water partition coefficient (Wildman–Crippen LogP) is 2.81. The van der Waals surface area contributed by atoms with Crippen molar-refractivity contribution in [2.45, 2.75) is 44.1 Å². The molecule has 0 amide bonds. The van der Waals surface area contributed by atoms with E-state index in [-0.39, 0.29) is 11.7 Å². The molecule has 102 valence electrons. The molecule has 0 bridgehead atoms. The summed E-state index contributed by atoms with van der Waals surface area (Å²) in [7, 11) is 0. The first-order chi connectivity index (χ1) is 9.26. The number of hydrogen-bond acceptors (Lipinski definition) is 4. The van der Waals surface area contributed by atoms with Crippen molar-refractivity contribution in [1.29, 1.82) is 5.26 Å². The molecule has 0 saturated carbocycles. The van der Waals surface area contributed by atoms with Crippen molar-refractivity contribution in [2.75, 3.05) is 12.4 Å². The van der Waals surface area contributed by atoms with E-state index in [4.69, 9.17) is 4.74 Å². The van der Waals surface area contributed by atoms with Crippen molar-refractivity contribution in [2.24, 2.45) is 0 Å². The summed E-state index contributed by atoms with van der Waals surface area (Å²) in [6, 6.07) is 2.28. The van der Waals surface area contributed by atoms with Gasteiger partial charge in [0.1, 0.15) is 6.07 Å². The second kappa shape index (κ2) is 6.67. The van der Waals surface area contributed by atoms with E-state index in [0.29, 0.717) is 6.61 Å². The van der Waals surface area contributed by atoms with Crippen LogP contribution in [0.2, 0.25) is 0 Å². The van der Waals surface area contributed by atoms with Gasteiger partial charge in [0.05, 0.1) is 22.9 Å². The van der Waals surface area contributed by atoms with E-state index in [2.05, 4.69) is 11.1 Å². The molecule has 1 aliphatic carbocycles. The first-order valence-corrected chi connectivity index (χ1v) is 7.67. The number of nitrogens with one attached hydrogen (secondary N) is 1. The molecule has 1 aromatic heterocycles. The Morgan fingerprint density at radius 2 is 2.21 bits per heavy atom. The lowest BCUT2D eigenvalue weighted by molar-refractivity contribution is -0.139. The number of hydrogen-bond donors (Lipinski definition) is 1. The third-order valence-electron chi connectivity index (χ3n) is 3.26. The zero-order chi connectivity index (χ0) is 13.7. The van der Waals surface area contributed by atoms with Crippen LogP contribution in [-0.4, -0.2) is 23.3 Å². The summed E-state index contributed by atoms with van der Waals surface area (Å²) < 4.78 is 4.90. The van der Waals surface area contributed by atoms with Crippen LogP contribution in [0.5, 0.6) is 0 Å². The number of aromatic nitrogens is 1. The molecular formula is C14H18N2O2S. The van der Waals surface area contributed by atoms with E-state index in [1.54, 1.807) is 6.92 Å². The number of carbonyl (C=O) groups excluding carboxylic acids is 1. The lowest BCUT2D eigenvalue weighted by Gasteiger charge is -2.01. The molecule has 4 nitrogen and oxygen atoms in total. The second-order valence-electron chi connectivity index (χ2n) is 4.55. The Hall–Kier alpha value is -1.41. The van der Waals surface area contributed by atoms with Gasteiger partial charge in [-0.05, 0) is 38.2 Å². The molecule has 0 atom stereocenters. The Balaban J connectivity index is 2.13. The zero-order valence-electron chi connectivity index (χ0n) is 11.1. The summed E-state index contributed by atoms with van der Waals surface area (Å²) in [5.74, 6) is 0.0169. The van der Waals surface area contributed by atoms with Gasteiger partial charge in [0.25, 0.3) is 0 Å². The van der Waals surface area contributed by atoms with Gasteiger partial charge in [-0.1, -0.05) is 18.2 Å². The summed E-state index contributed by atoms with van der Waals surface area (Å²) in [5, 5.41) is 10.1. The molecule has 1 aromatic rings. The van der Waals surface area contributed by atoms with Gasteiger partial charge < -0.3 is 9.72 Å². The fourth-order valence-corrected chi connectivity index (χ4v) is 3.25. The van der Waals surface area contributed by atoms with Crippen LogP contribution in [0.25, 0.3) is 0 Å². The van der Waals surface area contributed by atoms with E-state index < -0.39 is 0 Å². The number of H-pyrrole nitrogens is 1. The highest BCUT2D eigenvalue weighted by Crippen LogP contribution is 2.31. The molecule has 0 aliphatic heterocycles. The molecular weight excluding hydrogens is 260 g/mol. The highest BCUT2D eigenvalue weighted by atomic mass is 32.2. The third-order valence-corrected chi connectivity index (χ3v) is 4.24. The largest absolute Gasteiger partial charge is 0.465 e. The van der Waals surface area contributed by atoms with Crippen LogP contribution in [0.4, 0.5) is 0 Å². The maximum absolute atomic E-state index is 11.4. The summed E-state index contributed by atoms with van der Waals surface area (Å²) in [4.78, 5) is 14.7. The van der Waals surface area contributed by atoms with Crippen molar-refractivity contribution >= 4 is 17.7 Å². The number of rotatable bonds is 4. The maximum atomic E-state index is 11.4. The molecule has 1 aliphatic rings. The van der Waals surface area contributed by atoms with Crippen molar-refractivity contribution in [3.63, 3.8) is 0 Å². The van der Waals surface area contributed by atoms with E-state index in [1.807, 2.05) is 0 Å². The summed E-state index contributed by atoms with van der Waals surface area (Å²) in [6.07, 6.45) is 5.50. The van der Waals surface area contributed by atoms with Gasteiger partial charge in [-0.15, -0.1) is 0 Å². The normalized spacial score (nSPS) is 14.3. The minimum atomic E-state index is -0.235. The number of fused-ring (bicyclic) bond motifs is 1. The minimum Gasteiger partial charge on any atom is -0.465 e. The molecule has 0 spiro atoms. The minimum absolute atomic E-state index is 0.235. The number of carbonyl (C=O) groups is 1. The van der Waals surface area contributed by atoms with Crippen LogP contribution >= 0.6 is 11.8 Å². The van der Waals surface area contributed by atoms with Crippen molar-refractivity contribution < 1.29 is 9.53 Å². The fraction of sp³-hybridized carbons (Fsp3) is 0.571. The molecule has 0 aromatic carbocycles. The lowest BCUT2D eigenvalue weighted by atomic mass is 10.1. The van der Waals surface area contributed by atoms with E-state index in [9.17, 15) is 10.1 Å². The van der Waals surface area contributed by atoms with Gasteiger partial charge in [-0.25, -0.2) is 0 Å². The average molecular weight is 278 g/mol. The third kappa shape index (κ3) is 3.32. The fourth-order valence-electron chi connectivity index (χ4n) is 2.39. The van der Waals surface area contributed by atoms with E-state index >= 15 is 0 Å². The molecule has 1 N–H and O–H groups in total. The molecule has 0 unspecified atom stereocenters. The summed E-state index contributed by atoms with van der Waals surface area (Å²) in [6.45, 7) is 2.19. The SMILES string of the molecule is CCOC(=O)CSc1[nH]c2c(c1C#N)CCCCC2. The molecule has 0 saturated heterocycles. The number of aryl methyl sites for hydroxylation is 1. The van der Waals surface area contributed by atoms with Gasteiger partial charge in [0.15, 0.2) is 0 Å². The monoisotopic (exact) mass is 278 g/mol. The Morgan fingerprint density at radius 1 is 1.42 bits per heavy atom. The van der Waals surface area contributed by atoms with E-state index in [1.165, 1.54) is 30.3 Å². The van der Waals surface area contributed by atoms with Gasteiger partial charge >= 0.3 is 5.97 Å². The number of thioether (sulfide) groups is 1. The van der Waals surface area contributed by atoms with Crippen molar-refractivity contribution in [1.82, 2.24) is 4.98 Å². The van der Waals surface area contributed by atoms with Crippen molar-refractivity contribution in [3.8, 4) is 6.07 Å². The average Bonchev–Trinajstić information content (AvgIpc) is 2.57. The predicted molar refractivity (Wildman–Crippen MR) is 74.1 cm³/mol. The van der Waals surface area contributed by atoms with Crippen LogP contribution < -0.4 is 0 Å². The molecule has 2 rings (SSSR count). The second-order valence-corrected chi connectivity index (χ2v) is 5.54. The smallest absolute Gasteiger partial charge is 0.316 e. The number of nitrogens with zero attached hydrogens (tertiary/aromatic N) is 1. The number of esters is 1. The van der Waals surface area contributed by atoms with Crippen LogP contribution in [0.3, 0.4) is 0 Å². The molecule has 1 heterocycles. The molecule has 0 fully saturated rings. The lowest BCUT2D eigenvalue weighted by Crippen LogP contribution is -2.06. The topological polar surface area (TPSA) is 65.9 Å². The Kier molecular flexibility index (Phi) is 4.92. The van der Waals surface area contributed by atoms with Crippen LogP contribution in [0.1, 0.15) is 43.0 Å². The van der Waals surface area contributed by atoms with Crippen LogP contribution in [0, 0.1) is 11.3 Å². The number of ether oxygens (including phenoxy) is 1. The molecule has 5 heteroatoms. The number of aromatic amines is 1. The van der Waals surface area contributed by atoms with E-state index in [0.717, 1.165) is 35.4 Å². The first kappa shape index (κ1) is 14.0. The van der Waals surface area contributed by atoms with Crippen LogP contribution in [0.15, 0.2) is 5.03 Å². The standard InChI is InChI=1S/C14H18N2O2S/c1-2-18-13(17)9-19-14-11(8-15)10-6-4-3-5-7-12(10)16-14/h16H,2-7,9H2,1H3. The highest BCUT2D eigenvalue weighted by Gasteiger charge is 2.19. The van der Waals surface area contributed by atoms with Crippen molar-refractivity contribution in [3.05, 3.63) is 16.8 Å². The first-order valence-electron chi connectivity index (χ1n) is 6.68. The molecule has 0 radical (unpaired) electrons. The molecule has 19 heavy (non-hydrogen) atoms. The zero-order valence-corrected chi connectivity index (χ0v) is 11.9. The van der Waals surface area contributed by atoms with Gasteiger partial charge in [-0.2, -0.15) is 5.26 Å². The maximum Gasteiger partial charge on any atom is 0.316 e. The van der Waals surface area contributed by atoms with Gasteiger partial charge in [0, 0.05) is 5.69 Å². The Morgan fingerprint density at radius 3 is 2.95 bits per heavy atom. The summed E-state index contributed by atoms with van der Waals surface area (Å²) in [5.41, 5.74) is 3.07. The summed E-state index contributed by atoms with van der Waals surface area (Å²) >= 11 is 1.37. The van der Waals surface area contributed by atoms with Crippen LogP contribution in [-0.2, 0) is 22.4 Å². The number of nitriles is 1. The highest BCUT2D eigenvalue weighted by molar-refractivity contribution is 7.99. The Labute approximate surface area is 117 Å². The Bertz CT molecular complexity index is 502.